The summed E-state index contributed by atoms with van der Waals surface area (Å²) in [7, 11) is 0. The predicted molar refractivity (Wildman–Crippen MR) is 109 cm³/mol. The summed E-state index contributed by atoms with van der Waals surface area (Å²) in [6.45, 7) is 1.46. The largest absolute Gasteiger partial charge is 0.337 e. The van der Waals surface area contributed by atoms with Gasteiger partial charge in [-0.3, -0.25) is 4.79 Å². The van der Waals surface area contributed by atoms with Gasteiger partial charge in [0.2, 0.25) is 0 Å². The number of carbonyl (C=O) groups excluding carboxylic acids is 1. The molecule has 6 heteroatoms. The van der Waals surface area contributed by atoms with E-state index < -0.39 is 0 Å². The highest BCUT2D eigenvalue weighted by Gasteiger charge is 2.28. The number of fused-ring (bicyclic) bond motifs is 2. The maximum absolute atomic E-state index is 13.4. The van der Waals surface area contributed by atoms with Gasteiger partial charge in [-0.25, -0.2) is 9.37 Å². The van der Waals surface area contributed by atoms with E-state index in [4.69, 9.17) is 4.98 Å². The van der Waals surface area contributed by atoms with E-state index in [1.165, 1.54) is 28.2 Å². The highest BCUT2D eigenvalue weighted by molar-refractivity contribution is 7.20. The Balaban J connectivity index is 1.40. The highest BCUT2D eigenvalue weighted by atomic mass is 32.1. The number of aromatic nitrogens is 1. The first-order chi connectivity index (χ1) is 13.2. The van der Waals surface area contributed by atoms with E-state index in [1.54, 1.807) is 17.4 Å². The molecule has 1 aliphatic heterocycles. The number of hydrogen-bond donors (Lipinski definition) is 0. The maximum atomic E-state index is 13.4. The number of piperidine rings is 1. The third-order valence-electron chi connectivity index (χ3n) is 5.06. The summed E-state index contributed by atoms with van der Waals surface area (Å²) in [6, 6.07) is 14.7. The van der Waals surface area contributed by atoms with Crippen LogP contribution in [0.25, 0.3) is 20.3 Å². The van der Waals surface area contributed by atoms with E-state index in [-0.39, 0.29) is 17.6 Å². The van der Waals surface area contributed by atoms with Gasteiger partial charge in [-0.15, -0.1) is 22.7 Å². The van der Waals surface area contributed by atoms with Crippen molar-refractivity contribution in [1.82, 2.24) is 9.88 Å². The van der Waals surface area contributed by atoms with Crippen molar-refractivity contribution in [1.29, 1.82) is 0 Å². The molecule has 2 aromatic heterocycles. The summed E-state index contributed by atoms with van der Waals surface area (Å²) >= 11 is 3.10. The molecule has 3 heterocycles. The molecule has 0 saturated carbocycles. The number of likely N-dealkylation sites (tertiary alicyclic amines) is 1. The molecule has 0 radical (unpaired) electrons. The van der Waals surface area contributed by atoms with Gasteiger partial charge in [-0.1, -0.05) is 18.2 Å². The Labute approximate surface area is 164 Å². The lowest BCUT2D eigenvalue weighted by atomic mass is 9.98. The molecule has 1 saturated heterocycles. The van der Waals surface area contributed by atoms with Crippen molar-refractivity contribution in [3.63, 3.8) is 0 Å². The average molecular weight is 397 g/mol. The van der Waals surface area contributed by atoms with Crippen LogP contribution >= 0.6 is 22.7 Å². The van der Waals surface area contributed by atoms with Gasteiger partial charge in [0.15, 0.2) is 0 Å². The fourth-order valence-electron chi connectivity index (χ4n) is 3.69. The highest BCUT2D eigenvalue weighted by Crippen LogP contribution is 2.34. The van der Waals surface area contributed by atoms with Crippen molar-refractivity contribution < 1.29 is 9.18 Å². The first-order valence-corrected chi connectivity index (χ1v) is 10.6. The lowest BCUT2D eigenvalue weighted by molar-refractivity contribution is 0.0712. The quantitative estimate of drug-likeness (QED) is 0.437. The minimum atomic E-state index is -0.266. The number of para-hydroxylation sites is 1. The fraction of sp³-hybridized carbons (Fsp3) is 0.238. The molecule has 1 unspecified atom stereocenters. The van der Waals surface area contributed by atoms with Crippen LogP contribution in [0.5, 0.6) is 0 Å². The second-order valence-electron chi connectivity index (χ2n) is 6.90. The van der Waals surface area contributed by atoms with Crippen molar-refractivity contribution in [2.24, 2.45) is 0 Å². The third-order valence-corrected chi connectivity index (χ3v) is 7.35. The van der Waals surface area contributed by atoms with Crippen molar-refractivity contribution in [3.8, 4) is 0 Å². The first-order valence-electron chi connectivity index (χ1n) is 9.01. The number of benzene rings is 2. The molecule has 0 aliphatic carbocycles. The van der Waals surface area contributed by atoms with Gasteiger partial charge in [0, 0.05) is 23.7 Å². The molecular formula is C21H17FN2OS2. The molecule has 1 atom stereocenters. The number of thiazole rings is 1. The van der Waals surface area contributed by atoms with E-state index in [0.29, 0.717) is 11.4 Å². The van der Waals surface area contributed by atoms with Crippen LogP contribution in [0.2, 0.25) is 0 Å². The molecule has 4 aromatic rings. The van der Waals surface area contributed by atoms with Crippen molar-refractivity contribution in [3.05, 3.63) is 64.2 Å². The van der Waals surface area contributed by atoms with Gasteiger partial charge in [-0.2, -0.15) is 0 Å². The standard InChI is InChI=1S/C21H17FN2OS2/c22-15-8-7-13-10-19(26-18(13)11-15)21(25)24-9-3-4-14(12-24)20-23-16-5-1-2-6-17(16)27-20/h1-2,5-8,10-11,14H,3-4,9,12H2. The van der Waals surface area contributed by atoms with Gasteiger partial charge in [0.25, 0.3) is 5.91 Å². The zero-order chi connectivity index (χ0) is 18.4. The van der Waals surface area contributed by atoms with Crippen molar-refractivity contribution >= 4 is 48.9 Å². The fourth-order valence-corrected chi connectivity index (χ4v) is 5.84. The summed E-state index contributed by atoms with van der Waals surface area (Å²) in [5.74, 6) is 0.0616. The predicted octanol–water partition coefficient (Wildman–Crippen LogP) is 5.67. The zero-order valence-electron chi connectivity index (χ0n) is 14.5. The van der Waals surface area contributed by atoms with Gasteiger partial charge in [-0.05, 0) is 48.6 Å². The van der Waals surface area contributed by atoms with Gasteiger partial charge < -0.3 is 4.90 Å². The number of nitrogens with zero attached hydrogens (tertiary/aromatic N) is 2. The Morgan fingerprint density at radius 3 is 2.89 bits per heavy atom. The lowest BCUT2D eigenvalue weighted by Crippen LogP contribution is -2.38. The smallest absolute Gasteiger partial charge is 0.263 e. The minimum absolute atomic E-state index is 0.0439. The molecule has 0 spiro atoms. The SMILES string of the molecule is O=C(c1cc2ccc(F)cc2s1)N1CCCC(c2nc3ccccc3s2)C1. The summed E-state index contributed by atoms with van der Waals surface area (Å²) in [5, 5.41) is 2.04. The normalized spacial score (nSPS) is 17.7. The number of halogens is 1. The Morgan fingerprint density at radius 1 is 1.11 bits per heavy atom. The number of hydrogen-bond acceptors (Lipinski definition) is 4. The van der Waals surface area contributed by atoms with Gasteiger partial charge in [0.05, 0.1) is 20.1 Å². The molecule has 136 valence electrons. The summed E-state index contributed by atoms with van der Waals surface area (Å²) in [4.78, 5) is 20.4. The van der Waals surface area contributed by atoms with Crippen LogP contribution in [-0.4, -0.2) is 28.9 Å². The third kappa shape index (κ3) is 3.13. The van der Waals surface area contributed by atoms with Crippen LogP contribution in [0.4, 0.5) is 4.39 Å². The molecule has 0 bridgehead atoms. The molecular weight excluding hydrogens is 379 g/mol. The molecule has 1 fully saturated rings. The van der Waals surface area contributed by atoms with Crippen LogP contribution in [0.15, 0.2) is 48.5 Å². The van der Waals surface area contributed by atoms with Gasteiger partial charge in [0.1, 0.15) is 5.82 Å². The summed E-state index contributed by atoms with van der Waals surface area (Å²) < 4.78 is 15.4. The number of thiophene rings is 1. The van der Waals surface area contributed by atoms with Crippen molar-refractivity contribution in [2.45, 2.75) is 18.8 Å². The number of amides is 1. The summed E-state index contributed by atoms with van der Waals surface area (Å²) in [5.41, 5.74) is 1.03. The van der Waals surface area contributed by atoms with Gasteiger partial charge >= 0.3 is 0 Å². The van der Waals surface area contributed by atoms with E-state index >= 15 is 0 Å². The zero-order valence-corrected chi connectivity index (χ0v) is 16.2. The summed E-state index contributed by atoms with van der Waals surface area (Å²) in [6.07, 6.45) is 2.03. The van der Waals surface area contributed by atoms with E-state index in [0.717, 1.165) is 40.0 Å². The number of carbonyl (C=O) groups is 1. The van der Waals surface area contributed by atoms with E-state index in [2.05, 4.69) is 6.07 Å². The van der Waals surface area contributed by atoms with E-state index in [9.17, 15) is 9.18 Å². The van der Waals surface area contributed by atoms with Crippen molar-refractivity contribution in [2.75, 3.05) is 13.1 Å². The molecule has 1 aliphatic rings. The second-order valence-corrected chi connectivity index (χ2v) is 9.05. The average Bonchev–Trinajstić information content (AvgIpc) is 3.31. The Kier molecular flexibility index (Phi) is 4.17. The van der Waals surface area contributed by atoms with E-state index in [1.807, 2.05) is 29.2 Å². The lowest BCUT2D eigenvalue weighted by Gasteiger charge is -2.31. The van der Waals surface area contributed by atoms with Crippen LogP contribution in [0.3, 0.4) is 0 Å². The van der Waals surface area contributed by atoms with Crippen LogP contribution < -0.4 is 0 Å². The topological polar surface area (TPSA) is 33.2 Å². The Hall–Kier alpha value is -2.31. The second kappa shape index (κ2) is 6.69. The molecule has 27 heavy (non-hydrogen) atoms. The Bertz CT molecular complexity index is 1120. The molecule has 0 N–H and O–H groups in total. The molecule has 2 aromatic carbocycles. The monoisotopic (exact) mass is 396 g/mol. The Morgan fingerprint density at radius 2 is 2.00 bits per heavy atom. The molecule has 3 nitrogen and oxygen atoms in total. The van der Waals surface area contributed by atoms with Crippen LogP contribution in [0, 0.1) is 5.82 Å². The van der Waals surface area contributed by atoms with Crippen LogP contribution in [0.1, 0.15) is 33.4 Å². The minimum Gasteiger partial charge on any atom is -0.337 e. The number of rotatable bonds is 2. The molecule has 1 amide bonds. The molecule has 5 rings (SSSR count). The maximum Gasteiger partial charge on any atom is 0.263 e. The van der Waals surface area contributed by atoms with Crippen LogP contribution in [-0.2, 0) is 0 Å². The first kappa shape index (κ1) is 16.8.